The predicted molar refractivity (Wildman–Crippen MR) is 112 cm³/mol. The van der Waals surface area contributed by atoms with E-state index in [1.807, 2.05) is 0 Å². The Kier molecular flexibility index (Phi) is 20.1. The van der Waals surface area contributed by atoms with Crippen LogP contribution in [0.4, 0.5) is 0 Å². The highest BCUT2D eigenvalue weighted by Gasteiger charge is 2.24. The second kappa shape index (κ2) is 18.4. The predicted octanol–water partition coefficient (Wildman–Crippen LogP) is 5.64. The third-order valence-corrected chi connectivity index (χ3v) is 4.94. The van der Waals surface area contributed by atoms with Crippen molar-refractivity contribution in [1.82, 2.24) is 0 Å². The minimum atomic E-state index is -4.64. The standard InChI is InChI=1S/C20H44N.H3O4P/c1-5-9-13-14-15-16-20-21(17-10-6-2,18-11-7-3)19-12-8-4;1-5(2,3)4/h5-20H2,1-4H3;(H3,1,2,3,4)/q+1;. The van der Waals surface area contributed by atoms with Gasteiger partial charge in [-0.25, -0.2) is 4.57 Å². The van der Waals surface area contributed by atoms with Gasteiger partial charge in [-0.05, 0) is 32.1 Å². The van der Waals surface area contributed by atoms with Crippen molar-refractivity contribution in [2.45, 2.75) is 105 Å². The molecule has 0 aromatic rings. The van der Waals surface area contributed by atoms with Crippen LogP contribution in [0.25, 0.3) is 0 Å². The summed E-state index contributed by atoms with van der Waals surface area (Å²) in [5, 5.41) is 0. The summed E-state index contributed by atoms with van der Waals surface area (Å²) >= 11 is 0. The van der Waals surface area contributed by atoms with Crippen LogP contribution in [0.3, 0.4) is 0 Å². The van der Waals surface area contributed by atoms with E-state index < -0.39 is 7.82 Å². The molecule has 0 aliphatic carbocycles. The van der Waals surface area contributed by atoms with Gasteiger partial charge in [-0.15, -0.1) is 0 Å². The van der Waals surface area contributed by atoms with Gasteiger partial charge in [0.15, 0.2) is 0 Å². The van der Waals surface area contributed by atoms with Gasteiger partial charge in [0.2, 0.25) is 0 Å². The smallest absolute Gasteiger partial charge is 0.324 e. The zero-order valence-corrected chi connectivity index (χ0v) is 18.9. The molecule has 5 nitrogen and oxygen atoms in total. The molecule has 0 aromatic heterocycles. The summed E-state index contributed by atoms with van der Waals surface area (Å²) in [5.41, 5.74) is 0. The van der Waals surface area contributed by atoms with Gasteiger partial charge >= 0.3 is 7.82 Å². The number of unbranched alkanes of at least 4 members (excludes halogenated alkanes) is 8. The summed E-state index contributed by atoms with van der Waals surface area (Å²) in [5.74, 6) is 0. The van der Waals surface area contributed by atoms with Crippen LogP contribution in [0.2, 0.25) is 0 Å². The second-order valence-electron chi connectivity index (χ2n) is 7.58. The zero-order chi connectivity index (χ0) is 20.3. The molecule has 0 aromatic carbocycles. The monoisotopic (exact) mass is 396 g/mol. The first-order valence-corrected chi connectivity index (χ1v) is 12.4. The molecule has 0 spiro atoms. The number of quaternary nitrogens is 1. The Hall–Kier alpha value is 0.0700. The van der Waals surface area contributed by atoms with Crippen LogP contribution in [-0.4, -0.2) is 45.3 Å². The van der Waals surface area contributed by atoms with Crippen LogP contribution < -0.4 is 0 Å². The first-order valence-electron chi connectivity index (χ1n) is 10.9. The summed E-state index contributed by atoms with van der Waals surface area (Å²) < 4.78 is 10.3. The first-order chi connectivity index (χ1) is 12.2. The molecule has 0 unspecified atom stereocenters. The quantitative estimate of drug-likeness (QED) is 0.179. The normalized spacial score (nSPS) is 12.0. The fourth-order valence-electron chi connectivity index (χ4n) is 3.38. The van der Waals surface area contributed by atoms with Crippen molar-refractivity contribution < 1.29 is 23.7 Å². The van der Waals surface area contributed by atoms with Gasteiger partial charge in [0.1, 0.15) is 0 Å². The molecule has 6 heteroatoms. The van der Waals surface area contributed by atoms with E-state index in [0.717, 1.165) is 0 Å². The maximum Gasteiger partial charge on any atom is 0.466 e. The molecular weight excluding hydrogens is 349 g/mol. The van der Waals surface area contributed by atoms with Gasteiger partial charge in [-0.2, -0.15) is 0 Å². The van der Waals surface area contributed by atoms with Crippen molar-refractivity contribution in [3.05, 3.63) is 0 Å². The minimum absolute atomic E-state index is 1.36. The maximum atomic E-state index is 8.88. The average molecular weight is 397 g/mol. The van der Waals surface area contributed by atoms with E-state index in [9.17, 15) is 0 Å². The number of rotatable bonds is 16. The lowest BCUT2D eigenvalue weighted by Crippen LogP contribution is -2.50. The van der Waals surface area contributed by atoms with Gasteiger partial charge < -0.3 is 19.2 Å². The topological polar surface area (TPSA) is 77.8 Å². The molecule has 0 rings (SSSR count). The Morgan fingerprint density at radius 2 is 0.808 bits per heavy atom. The van der Waals surface area contributed by atoms with Crippen LogP contribution in [-0.2, 0) is 4.57 Å². The zero-order valence-electron chi connectivity index (χ0n) is 18.0. The van der Waals surface area contributed by atoms with E-state index in [4.69, 9.17) is 19.2 Å². The summed E-state index contributed by atoms with van der Waals surface area (Å²) in [6.45, 7) is 15.1. The summed E-state index contributed by atoms with van der Waals surface area (Å²) in [6, 6.07) is 0. The molecule has 0 atom stereocenters. The highest BCUT2D eigenvalue weighted by atomic mass is 31.2. The Morgan fingerprint density at radius 3 is 1.15 bits per heavy atom. The summed E-state index contributed by atoms with van der Waals surface area (Å²) in [7, 11) is -4.64. The van der Waals surface area contributed by atoms with E-state index in [0.29, 0.717) is 0 Å². The van der Waals surface area contributed by atoms with E-state index >= 15 is 0 Å². The van der Waals surface area contributed by atoms with Crippen LogP contribution in [0.1, 0.15) is 105 Å². The van der Waals surface area contributed by atoms with Crippen LogP contribution >= 0.6 is 7.82 Å². The lowest BCUT2D eigenvalue weighted by atomic mass is 10.1. The van der Waals surface area contributed by atoms with Gasteiger partial charge in [0.05, 0.1) is 26.2 Å². The molecule has 0 heterocycles. The lowest BCUT2D eigenvalue weighted by molar-refractivity contribution is -0.929. The van der Waals surface area contributed by atoms with Crippen molar-refractivity contribution in [3.63, 3.8) is 0 Å². The number of hydrogen-bond donors (Lipinski definition) is 3. The SMILES string of the molecule is CCCCCCCC[N+](CCCC)(CCCC)CCCC.O=P(O)(O)O. The van der Waals surface area contributed by atoms with Crippen molar-refractivity contribution in [1.29, 1.82) is 0 Å². The third-order valence-electron chi connectivity index (χ3n) is 4.94. The van der Waals surface area contributed by atoms with Gasteiger partial charge in [0, 0.05) is 0 Å². The Morgan fingerprint density at radius 1 is 0.538 bits per heavy atom. The molecule has 160 valence electrons. The molecule has 0 aliphatic rings. The van der Waals surface area contributed by atoms with Crippen molar-refractivity contribution in [2.24, 2.45) is 0 Å². The Balaban J connectivity index is 0. The molecule has 0 aliphatic heterocycles. The fraction of sp³-hybridized carbons (Fsp3) is 1.00. The van der Waals surface area contributed by atoms with Crippen molar-refractivity contribution in [2.75, 3.05) is 26.2 Å². The van der Waals surface area contributed by atoms with Crippen LogP contribution in [0.5, 0.6) is 0 Å². The van der Waals surface area contributed by atoms with Gasteiger partial charge in [-0.3, -0.25) is 0 Å². The van der Waals surface area contributed by atoms with Crippen LogP contribution in [0.15, 0.2) is 0 Å². The van der Waals surface area contributed by atoms with Gasteiger partial charge in [0.25, 0.3) is 0 Å². The first kappa shape index (κ1) is 28.3. The largest absolute Gasteiger partial charge is 0.466 e. The lowest BCUT2D eigenvalue weighted by Gasteiger charge is -2.39. The van der Waals surface area contributed by atoms with E-state index in [1.165, 1.54) is 108 Å². The number of phosphoric acid groups is 1. The molecule has 0 bridgehead atoms. The fourth-order valence-corrected chi connectivity index (χ4v) is 3.38. The molecular formula is C20H47NO4P+. The number of nitrogens with zero attached hydrogens (tertiary/aromatic N) is 1. The molecule has 3 N–H and O–H groups in total. The highest BCUT2D eigenvalue weighted by molar-refractivity contribution is 7.45. The Labute approximate surface area is 163 Å². The Bertz CT molecular complexity index is 304. The third kappa shape index (κ3) is 22.1. The molecule has 0 saturated carbocycles. The molecule has 0 saturated heterocycles. The summed E-state index contributed by atoms with van der Waals surface area (Å²) in [6.07, 6.45) is 17.0. The van der Waals surface area contributed by atoms with E-state index in [2.05, 4.69) is 27.7 Å². The van der Waals surface area contributed by atoms with Crippen molar-refractivity contribution in [3.8, 4) is 0 Å². The van der Waals surface area contributed by atoms with Gasteiger partial charge in [-0.1, -0.05) is 72.6 Å². The molecule has 26 heavy (non-hydrogen) atoms. The average Bonchev–Trinajstić information content (AvgIpc) is 2.57. The number of hydrogen-bond acceptors (Lipinski definition) is 1. The maximum absolute atomic E-state index is 8.88. The second-order valence-corrected chi connectivity index (χ2v) is 8.60. The minimum Gasteiger partial charge on any atom is -0.324 e. The highest BCUT2D eigenvalue weighted by Crippen LogP contribution is 2.25. The van der Waals surface area contributed by atoms with E-state index in [1.54, 1.807) is 0 Å². The van der Waals surface area contributed by atoms with E-state index in [-0.39, 0.29) is 0 Å². The van der Waals surface area contributed by atoms with Crippen LogP contribution in [0, 0.1) is 0 Å². The van der Waals surface area contributed by atoms with Crippen molar-refractivity contribution >= 4 is 7.82 Å². The summed E-state index contributed by atoms with van der Waals surface area (Å²) in [4.78, 5) is 21.6. The molecule has 0 amide bonds. The molecule has 0 fully saturated rings. The molecule has 0 radical (unpaired) electrons.